The maximum Gasteiger partial charge on any atom is 0.0542 e. The van der Waals surface area contributed by atoms with E-state index in [2.05, 4.69) is 598 Å². The third-order valence-corrected chi connectivity index (χ3v) is 28.6. The van der Waals surface area contributed by atoms with Crippen molar-refractivity contribution in [2.45, 2.75) is 0 Å². The van der Waals surface area contributed by atoms with Crippen LogP contribution in [0.3, 0.4) is 0 Å². The van der Waals surface area contributed by atoms with E-state index in [0.29, 0.717) is 0 Å². The molecular weight excluding hydrogens is 1740 g/mol. The molecule has 676 valence electrons. The molecule has 0 radical (unpaired) electrons. The highest BCUT2D eigenvalue weighted by atomic mass is 15.1. The standard InChI is InChI=1S/C48H32N2.C48H34N2.C42H28N2/c1-2-13-33(14-3-1)34-15-10-16-35(29-34)36-17-11-18-37(30-36)38-19-12-20-39(31-38)49-47-26-9-6-23-43(47)44-32-40(27-28-48(44)49)50-45-24-7-4-21-41(45)42-22-5-8-25-46(42)50;1-3-11-35(12-4-1)37-19-27-41(28-20-37)49(42-29-21-38(22-30-42)36-13-5-2-6-14-36)43-31-23-39(24-32-43)40-25-33-44(34-26-40)50-47-17-9-7-15-45(47)46-16-8-10-18-48(46)50;1-3-13-29(14-4-1)31-25-32(30-15-5-2-6-16-30)27-34(26-31)44-41-22-12-9-19-37(41)38-28-33(23-24-42(38)44)43-39-20-10-7-17-35(39)36-18-8-11-21-40(36)43/h1-32H;1-34H;1-28H. The number of hydrogen-bond donors (Lipinski definition) is 0. The van der Waals surface area contributed by atoms with Crippen LogP contribution in [-0.4, -0.2) is 22.8 Å². The monoisotopic (exact) mass is 1830 g/mol. The Kier molecular flexibility index (Phi) is 21.9. The molecular formula is C138H94N6. The Balaban J connectivity index is 0.000000110. The van der Waals surface area contributed by atoms with Gasteiger partial charge in [-0.25, -0.2) is 0 Å². The van der Waals surface area contributed by atoms with Crippen molar-refractivity contribution in [1.29, 1.82) is 0 Å². The van der Waals surface area contributed by atoms with Crippen molar-refractivity contribution in [3.05, 3.63) is 570 Å². The highest BCUT2D eigenvalue weighted by Gasteiger charge is 2.23. The lowest BCUT2D eigenvalue weighted by Gasteiger charge is -2.26. The second-order valence-electron chi connectivity index (χ2n) is 37.1. The summed E-state index contributed by atoms with van der Waals surface area (Å²) < 4.78 is 12.0. The van der Waals surface area contributed by atoms with Gasteiger partial charge in [-0.3, -0.25) is 0 Å². The Hall–Kier alpha value is -19.1. The van der Waals surface area contributed by atoms with Crippen LogP contribution in [0.2, 0.25) is 0 Å². The predicted octanol–water partition coefficient (Wildman–Crippen LogP) is 37.4. The number of fused-ring (bicyclic) bond motifs is 15. The van der Waals surface area contributed by atoms with E-state index in [1.807, 2.05) is 0 Å². The predicted molar refractivity (Wildman–Crippen MR) is 609 cm³/mol. The highest BCUT2D eigenvalue weighted by molar-refractivity contribution is 6.15. The van der Waals surface area contributed by atoms with Crippen LogP contribution in [0.15, 0.2) is 570 Å². The number of aromatic nitrogens is 5. The summed E-state index contributed by atoms with van der Waals surface area (Å²) in [7, 11) is 0. The van der Waals surface area contributed by atoms with Crippen molar-refractivity contribution in [3.8, 4) is 117 Å². The van der Waals surface area contributed by atoms with Gasteiger partial charge in [0.15, 0.2) is 0 Å². The Bertz CT molecular complexity index is 9350. The molecule has 0 bridgehead atoms. The molecule has 5 heterocycles. The molecule has 0 N–H and O–H groups in total. The highest BCUT2D eigenvalue weighted by Crippen LogP contribution is 2.46. The van der Waals surface area contributed by atoms with Crippen molar-refractivity contribution in [2.75, 3.05) is 4.90 Å². The Morgan fingerprint density at radius 2 is 0.278 bits per heavy atom. The fourth-order valence-corrected chi connectivity index (χ4v) is 21.8. The summed E-state index contributed by atoms with van der Waals surface area (Å²) >= 11 is 0. The van der Waals surface area contributed by atoms with Crippen LogP contribution >= 0.6 is 0 Å². The number of nitrogens with zero attached hydrogens (tertiary/aromatic N) is 6. The van der Waals surface area contributed by atoms with Crippen molar-refractivity contribution in [2.24, 2.45) is 0 Å². The Morgan fingerprint density at radius 1 is 0.0972 bits per heavy atom. The van der Waals surface area contributed by atoms with Gasteiger partial charge in [-0.2, -0.15) is 0 Å². The van der Waals surface area contributed by atoms with E-state index in [0.717, 1.165) is 34.1 Å². The lowest BCUT2D eigenvalue weighted by Crippen LogP contribution is -2.09. The van der Waals surface area contributed by atoms with Gasteiger partial charge in [0.2, 0.25) is 0 Å². The lowest BCUT2D eigenvalue weighted by molar-refractivity contribution is 1.17. The van der Waals surface area contributed by atoms with Crippen molar-refractivity contribution in [1.82, 2.24) is 22.8 Å². The molecule has 0 amide bonds. The minimum atomic E-state index is 1.11. The molecule has 0 saturated carbocycles. The van der Waals surface area contributed by atoms with E-state index in [1.165, 1.54) is 209 Å². The van der Waals surface area contributed by atoms with E-state index in [9.17, 15) is 0 Å². The van der Waals surface area contributed by atoms with Crippen LogP contribution in [0.5, 0.6) is 0 Å². The zero-order valence-corrected chi connectivity index (χ0v) is 79.0. The smallest absolute Gasteiger partial charge is 0.0542 e. The molecule has 28 rings (SSSR count). The molecule has 0 aliphatic heterocycles. The summed E-state index contributed by atoms with van der Waals surface area (Å²) in [5.74, 6) is 0. The van der Waals surface area contributed by atoms with Gasteiger partial charge in [-0.05, 0) is 265 Å². The first-order valence-corrected chi connectivity index (χ1v) is 49.4. The molecule has 144 heavy (non-hydrogen) atoms. The van der Waals surface area contributed by atoms with E-state index in [4.69, 9.17) is 0 Å². The molecule has 6 nitrogen and oxygen atoms in total. The second-order valence-corrected chi connectivity index (χ2v) is 37.1. The third-order valence-electron chi connectivity index (χ3n) is 28.6. The summed E-state index contributed by atoms with van der Waals surface area (Å²) in [6, 6.07) is 206. The molecule has 28 aromatic rings. The summed E-state index contributed by atoms with van der Waals surface area (Å²) in [4.78, 5) is 2.33. The van der Waals surface area contributed by atoms with E-state index < -0.39 is 0 Å². The first kappa shape index (κ1) is 85.3. The molecule has 23 aromatic carbocycles. The maximum absolute atomic E-state index is 2.43. The molecule has 0 aliphatic carbocycles. The number of hydrogen-bond acceptors (Lipinski definition) is 1. The maximum atomic E-state index is 2.43. The zero-order chi connectivity index (χ0) is 95.3. The normalized spacial score (nSPS) is 11.5. The van der Waals surface area contributed by atoms with Crippen LogP contribution in [0.25, 0.3) is 226 Å². The molecule has 6 heteroatoms. The van der Waals surface area contributed by atoms with Crippen molar-refractivity contribution >= 4 is 126 Å². The largest absolute Gasteiger partial charge is 0.311 e. The third kappa shape index (κ3) is 15.7. The van der Waals surface area contributed by atoms with Gasteiger partial charge in [0.05, 0.1) is 55.2 Å². The molecule has 0 fully saturated rings. The van der Waals surface area contributed by atoms with Gasteiger partial charge in [-0.15, -0.1) is 0 Å². The van der Waals surface area contributed by atoms with Crippen LogP contribution < -0.4 is 4.90 Å². The van der Waals surface area contributed by atoms with Crippen LogP contribution in [0, 0.1) is 0 Å². The van der Waals surface area contributed by atoms with Crippen LogP contribution in [-0.2, 0) is 0 Å². The number of benzene rings is 23. The summed E-state index contributed by atoms with van der Waals surface area (Å²) in [6.07, 6.45) is 0. The Labute approximate surface area is 835 Å². The van der Waals surface area contributed by atoms with Gasteiger partial charge < -0.3 is 27.7 Å². The van der Waals surface area contributed by atoms with E-state index in [-0.39, 0.29) is 0 Å². The average molecular weight is 1840 g/mol. The average Bonchev–Trinajstić information content (AvgIpc) is 1.59. The van der Waals surface area contributed by atoms with Gasteiger partial charge >= 0.3 is 0 Å². The molecule has 0 spiro atoms. The van der Waals surface area contributed by atoms with Gasteiger partial charge in [0.1, 0.15) is 0 Å². The van der Waals surface area contributed by atoms with Gasteiger partial charge in [0.25, 0.3) is 0 Å². The summed E-state index contributed by atoms with van der Waals surface area (Å²) in [5, 5.41) is 12.6. The van der Waals surface area contributed by atoms with Gasteiger partial charge in [-0.1, -0.05) is 394 Å². The first-order chi connectivity index (χ1) is 71.4. The summed E-state index contributed by atoms with van der Waals surface area (Å²) in [6.45, 7) is 0. The van der Waals surface area contributed by atoms with E-state index in [1.54, 1.807) is 0 Å². The fraction of sp³-hybridized carbons (Fsp3) is 0. The molecule has 0 aliphatic rings. The molecule has 0 atom stereocenters. The number of anilines is 3. The second kappa shape index (κ2) is 37.0. The minimum Gasteiger partial charge on any atom is -0.311 e. The summed E-state index contributed by atoms with van der Waals surface area (Å²) in [5.41, 5.74) is 40.5. The zero-order valence-electron chi connectivity index (χ0n) is 79.0. The minimum absolute atomic E-state index is 1.11. The number of rotatable bonds is 16. The van der Waals surface area contributed by atoms with Gasteiger partial charge in [0, 0.05) is 99.4 Å². The van der Waals surface area contributed by atoms with E-state index >= 15 is 0 Å². The first-order valence-electron chi connectivity index (χ1n) is 49.4. The van der Waals surface area contributed by atoms with Crippen molar-refractivity contribution < 1.29 is 0 Å². The van der Waals surface area contributed by atoms with Crippen LogP contribution in [0.4, 0.5) is 17.1 Å². The van der Waals surface area contributed by atoms with Crippen LogP contribution in [0.1, 0.15) is 0 Å². The molecule has 0 saturated heterocycles. The lowest BCUT2D eigenvalue weighted by atomic mass is 9.96. The molecule has 5 aromatic heterocycles. The Morgan fingerprint density at radius 3 is 0.583 bits per heavy atom. The SMILES string of the molecule is c1ccc(-c2cc(-c3ccccc3)cc(-n3c4ccccc4c4cc(-n5c6ccccc6c6ccccc65)ccc43)c2)cc1.c1ccc(-c2ccc(N(c3ccc(-c4ccccc4)cc3)c3ccc(-c4ccc(-n5c6ccccc6c6ccccc65)cc4)cc3)cc2)cc1.c1ccc(-c2cccc(-c3cccc(-c4cccc(-n5c6ccccc6c6cc(-n7c8ccccc8c8ccccc87)ccc65)c4)c3)c2)cc1. The fourth-order valence-electron chi connectivity index (χ4n) is 21.8. The quantitative estimate of drug-likeness (QED) is 0.0947. The topological polar surface area (TPSA) is 27.9 Å². The number of para-hydroxylation sites is 8. The van der Waals surface area contributed by atoms with Crippen molar-refractivity contribution in [3.63, 3.8) is 0 Å². The molecule has 0 unspecified atom stereocenters.